The molecule has 0 spiro atoms. The van der Waals surface area contributed by atoms with Crippen LogP contribution in [0.3, 0.4) is 0 Å². The Kier molecular flexibility index (Phi) is 5.27. The van der Waals surface area contributed by atoms with Crippen molar-refractivity contribution in [3.63, 3.8) is 0 Å². The largest absolute Gasteiger partial charge is 0.307 e. The van der Waals surface area contributed by atoms with Crippen molar-refractivity contribution in [2.75, 3.05) is 5.32 Å². The number of hydrogen-bond acceptors (Lipinski definition) is 5. The molecular formula is C16H14BrN3O2S2. The van der Waals surface area contributed by atoms with E-state index in [0.29, 0.717) is 11.7 Å². The third-order valence-electron chi connectivity index (χ3n) is 3.41. The summed E-state index contributed by atoms with van der Waals surface area (Å²) in [6.07, 6.45) is 0.239. The molecule has 1 aromatic carbocycles. The van der Waals surface area contributed by atoms with Crippen molar-refractivity contribution in [2.24, 2.45) is 0 Å². The molecule has 0 saturated heterocycles. The van der Waals surface area contributed by atoms with E-state index < -0.39 is 0 Å². The number of hydrogen-bond donors (Lipinski definition) is 1. The van der Waals surface area contributed by atoms with E-state index in [9.17, 15) is 9.59 Å². The molecule has 8 heteroatoms. The van der Waals surface area contributed by atoms with Crippen molar-refractivity contribution in [2.45, 2.75) is 19.9 Å². The van der Waals surface area contributed by atoms with Gasteiger partial charge in [-0.15, -0.1) is 11.3 Å². The van der Waals surface area contributed by atoms with E-state index in [0.717, 1.165) is 32.8 Å². The molecule has 0 aliphatic carbocycles. The monoisotopic (exact) mass is 423 g/mol. The Hall–Kier alpha value is -1.77. The Morgan fingerprint density at radius 2 is 2.17 bits per heavy atom. The first kappa shape index (κ1) is 17.1. The van der Waals surface area contributed by atoms with Crippen LogP contribution in [0.15, 0.2) is 44.3 Å². The summed E-state index contributed by atoms with van der Waals surface area (Å²) in [5, 5.41) is 7.06. The number of anilines is 1. The number of aromatic nitrogens is 2. The van der Waals surface area contributed by atoms with Crippen molar-refractivity contribution in [3.8, 4) is 11.3 Å². The quantitative estimate of drug-likeness (QED) is 0.670. The van der Waals surface area contributed by atoms with Crippen LogP contribution >= 0.6 is 38.6 Å². The van der Waals surface area contributed by atoms with Gasteiger partial charge in [-0.3, -0.25) is 9.59 Å². The number of benzene rings is 1. The van der Waals surface area contributed by atoms with Gasteiger partial charge in [-0.2, -0.15) is 0 Å². The molecule has 0 aliphatic heterocycles. The highest BCUT2D eigenvalue weighted by molar-refractivity contribution is 9.10. The minimum absolute atomic E-state index is 0.0357. The summed E-state index contributed by atoms with van der Waals surface area (Å²) in [7, 11) is 0. The van der Waals surface area contributed by atoms with Crippen molar-refractivity contribution in [1.82, 2.24) is 9.55 Å². The van der Waals surface area contributed by atoms with Gasteiger partial charge in [-0.25, -0.2) is 4.98 Å². The van der Waals surface area contributed by atoms with Gasteiger partial charge >= 0.3 is 4.87 Å². The first-order chi connectivity index (χ1) is 11.5. The maximum absolute atomic E-state index is 12.1. The molecule has 124 valence electrons. The van der Waals surface area contributed by atoms with E-state index >= 15 is 0 Å². The molecule has 1 N–H and O–H groups in total. The molecule has 3 aromatic rings. The third kappa shape index (κ3) is 4.00. The second-order valence-corrected chi connectivity index (χ2v) is 7.74. The van der Waals surface area contributed by atoms with Gasteiger partial charge in [0.25, 0.3) is 0 Å². The van der Waals surface area contributed by atoms with Gasteiger partial charge in [0.1, 0.15) is 0 Å². The zero-order valence-corrected chi connectivity index (χ0v) is 16.0. The maximum atomic E-state index is 12.1. The van der Waals surface area contributed by atoms with Crippen molar-refractivity contribution in [1.29, 1.82) is 0 Å². The topological polar surface area (TPSA) is 64.0 Å². The van der Waals surface area contributed by atoms with Crippen LogP contribution in [0.2, 0.25) is 0 Å². The highest BCUT2D eigenvalue weighted by Gasteiger charge is 2.10. The molecule has 24 heavy (non-hydrogen) atoms. The average molecular weight is 424 g/mol. The number of nitrogens with one attached hydrogen (secondary N) is 1. The van der Waals surface area contributed by atoms with E-state index in [1.54, 1.807) is 9.95 Å². The molecule has 0 aliphatic rings. The molecule has 3 rings (SSSR count). The fraction of sp³-hybridized carbons (Fsp3) is 0.188. The van der Waals surface area contributed by atoms with Gasteiger partial charge in [-0.05, 0) is 19.1 Å². The Balaban J connectivity index is 1.62. The molecule has 0 saturated carbocycles. The highest BCUT2D eigenvalue weighted by atomic mass is 79.9. The number of rotatable bonds is 5. The zero-order chi connectivity index (χ0) is 17.1. The first-order valence-corrected chi connectivity index (χ1v) is 9.74. The molecule has 0 fully saturated rings. The highest BCUT2D eigenvalue weighted by Crippen LogP contribution is 2.26. The third-order valence-corrected chi connectivity index (χ3v) is 5.54. The molecule has 2 heterocycles. The lowest BCUT2D eigenvalue weighted by Crippen LogP contribution is -2.20. The van der Waals surface area contributed by atoms with Gasteiger partial charge in [-0.1, -0.05) is 39.4 Å². The molecule has 0 unspecified atom stereocenters. The van der Waals surface area contributed by atoms with Gasteiger partial charge < -0.3 is 9.88 Å². The number of thiazole rings is 2. The Labute approximate surface area is 155 Å². The summed E-state index contributed by atoms with van der Waals surface area (Å²) in [5.74, 6) is -0.150. The number of nitrogens with zero attached hydrogens (tertiary/aromatic N) is 2. The smallest absolute Gasteiger partial charge is 0.303 e. The lowest BCUT2D eigenvalue weighted by Gasteiger charge is -2.04. The van der Waals surface area contributed by atoms with Crippen LogP contribution < -0.4 is 10.2 Å². The molecule has 5 nitrogen and oxygen atoms in total. The number of aryl methyl sites for hydroxylation is 1. The molecule has 2 aromatic heterocycles. The summed E-state index contributed by atoms with van der Waals surface area (Å²) >= 11 is 5.97. The van der Waals surface area contributed by atoms with Crippen LogP contribution in [0.4, 0.5) is 5.13 Å². The number of carbonyl (C=O) groups is 1. The summed E-state index contributed by atoms with van der Waals surface area (Å²) < 4.78 is 2.59. The second kappa shape index (κ2) is 7.42. The normalized spacial score (nSPS) is 10.8. The summed E-state index contributed by atoms with van der Waals surface area (Å²) in [6.45, 7) is 2.24. The number of halogens is 1. The Morgan fingerprint density at radius 3 is 2.88 bits per heavy atom. The summed E-state index contributed by atoms with van der Waals surface area (Å²) in [4.78, 5) is 28.1. The molecule has 0 radical (unpaired) electrons. The van der Waals surface area contributed by atoms with Gasteiger partial charge in [0.15, 0.2) is 5.13 Å². The number of carbonyl (C=O) groups excluding carboxylic acids is 1. The van der Waals surface area contributed by atoms with Crippen molar-refractivity contribution < 1.29 is 4.79 Å². The first-order valence-electron chi connectivity index (χ1n) is 7.19. The van der Waals surface area contributed by atoms with E-state index in [1.807, 2.05) is 36.6 Å². The standard InChI is InChI=1S/C16H14BrN3O2S2/c1-10-8-24-16(22)20(10)6-5-14(21)19-15-18-13(9-23-15)11-3-2-4-12(17)7-11/h2-4,7-9H,5-6H2,1H3,(H,18,19,21). The van der Waals surface area contributed by atoms with Crippen LogP contribution in [-0.2, 0) is 11.3 Å². The zero-order valence-electron chi connectivity index (χ0n) is 12.8. The lowest BCUT2D eigenvalue weighted by molar-refractivity contribution is -0.116. The average Bonchev–Trinajstić information content (AvgIpc) is 3.13. The maximum Gasteiger partial charge on any atom is 0.307 e. The Morgan fingerprint density at radius 1 is 1.33 bits per heavy atom. The fourth-order valence-electron chi connectivity index (χ4n) is 2.18. The molecule has 1 amide bonds. The van der Waals surface area contributed by atoms with E-state index in [1.165, 1.54) is 11.3 Å². The Bertz CT molecular complexity index is 929. The van der Waals surface area contributed by atoms with E-state index in [4.69, 9.17) is 0 Å². The van der Waals surface area contributed by atoms with E-state index in [2.05, 4.69) is 26.2 Å². The van der Waals surface area contributed by atoms with Crippen LogP contribution in [0.5, 0.6) is 0 Å². The van der Waals surface area contributed by atoms with Crippen molar-refractivity contribution >= 4 is 49.6 Å². The molecular weight excluding hydrogens is 410 g/mol. The minimum atomic E-state index is -0.150. The number of amides is 1. The van der Waals surface area contributed by atoms with Gasteiger partial charge in [0, 0.05) is 39.5 Å². The summed E-state index contributed by atoms with van der Waals surface area (Å²) in [5.41, 5.74) is 2.69. The van der Waals surface area contributed by atoms with Crippen LogP contribution in [-0.4, -0.2) is 15.5 Å². The minimum Gasteiger partial charge on any atom is -0.303 e. The predicted octanol–water partition coefficient (Wildman–Crippen LogP) is 4.13. The predicted molar refractivity (Wildman–Crippen MR) is 102 cm³/mol. The van der Waals surface area contributed by atoms with Gasteiger partial charge in [0.2, 0.25) is 5.91 Å². The SMILES string of the molecule is Cc1csc(=O)n1CCC(=O)Nc1nc(-c2cccc(Br)c2)cs1. The second-order valence-electron chi connectivity index (χ2n) is 5.14. The van der Waals surface area contributed by atoms with Crippen LogP contribution in [0, 0.1) is 6.92 Å². The summed E-state index contributed by atoms with van der Waals surface area (Å²) in [6, 6.07) is 7.84. The van der Waals surface area contributed by atoms with Crippen LogP contribution in [0.1, 0.15) is 12.1 Å². The van der Waals surface area contributed by atoms with Crippen LogP contribution in [0.25, 0.3) is 11.3 Å². The fourth-order valence-corrected chi connectivity index (χ4v) is 4.08. The van der Waals surface area contributed by atoms with Gasteiger partial charge in [0.05, 0.1) is 5.69 Å². The lowest BCUT2D eigenvalue weighted by atomic mass is 10.2. The molecule has 0 atom stereocenters. The van der Waals surface area contributed by atoms with Crippen molar-refractivity contribution in [3.05, 3.63) is 54.9 Å². The molecule has 0 bridgehead atoms. The van der Waals surface area contributed by atoms with E-state index in [-0.39, 0.29) is 17.2 Å².